The first kappa shape index (κ1) is 20.7. The van der Waals surface area contributed by atoms with E-state index in [1.807, 2.05) is 29.2 Å². The van der Waals surface area contributed by atoms with E-state index in [2.05, 4.69) is 19.6 Å². The van der Waals surface area contributed by atoms with Gasteiger partial charge < -0.3 is 15.4 Å². The van der Waals surface area contributed by atoms with Gasteiger partial charge in [0.05, 0.1) is 17.0 Å². The smallest absolute Gasteiger partial charge is 0.387 e. The Kier molecular flexibility index (Phi) is 5.76. The molecule has 31 heavy (non-hydrogen) atoms. The molecule has 1 aliphatic rings. The molecule has 0 spiro atoms. The van der Waals surface area contributed by atoms with E-state index in [0.717, 1.165) is 10.9 Å². The summed E-state index contributed by atoms with van der Waals surface area (Å²) in [5, 5.41) is 11.9. The van der Waals surface area contributed by atoms with Crippen LogP contribution in [-0.4, -0.2) is 52.6 Å². The van der Waals surface area contributed by atoms with Gasteiger partial charge in [-0.3, -0.25) is 15.0 Å². The lowest BCUT2D eigenvalue weighted by atomic mass is 10.2. The van der Waals surface area contributed by atoms with Crippen LogP contribution in [0.3, 0.4) is 0 Å². The van der Waals surface area contributed by atoms with E-state index in [1.165, 1.54) is 12.1 Å². The second kappa shape index (κ2) is 8.64. The predicted octanol–water partition coefficient (Wildman–Crippen LogP) is 3.04. The zero-order valence-corrected chi connectivity index (χ0v) is 16.4. The van der Waals surface area contributed by atoms with Crippen LogP contribution in [0.15, 0.2) is 42.5 Å². The molecule has 0 amide bonds. The number of alkyl halides is 2. The first-order valence-electron chi connectivity index (χ1n) is 9.62. The van der Waals surface area contributed by atoms with Gasteiger partial charge in [0, 0.05) is 49.4 Å². The summed E-state index contributed by atoms with van der Waals surface area (Å²) in [5.74, 6) is 0.629. The fourth-order valence-electron chi connectivity index (χ4n) is 3.63. The van der Waals surface area contributed by atoms with E-state index in [-0.39, 0.29) is 0 Å². The molecular formula is C20H20F2N6O3. The molecule has 0 bridgehead atoms. The van der Waals surface area contributed by atoms with Crippen LogP contribution in [-0.2, 0) is 6.54 Å². The molecule has 1 aromatic heterocycles. The standard InChI is InChI=1S/C20H20F2N6O3/c21-20(22)31-17-11-13(5-6-16(17)28(29)30)27-9-7-26(8-10-27)12-18-24-15-4-2-1-3-14(15)19(23)25-18/h1-6,11,20H,7-10,12H2,(H2,23,24,25). The summed E-state index contributed by atoms with van der Waals surface area (Å²) in [6.07, 6.45) is 0. The van der Waals surface area contributed by atoms with Crippen LogP contribution in [0.25, 0.3) is 10.9 Å². The fraction of sp³-hybridized carbons (Fsp3) is 0.300. The second-order valence-corrected chi connectivity index (χ2v) is 7.09. The SMILES string of the molecule is Nc1nc(CN2CCN(c3ccc([N+](=O)[O-])c(OC(F)F)c3)CC2)nc2ccccc12. The van der Waals surface area contributed by atoms with Crippen molar-refractivity contribution in [3.8, 4) is 5.75 Å². The molecule has 162 valence electrons. The van der Waals surface area contributed by atoms with Crippen molar-refractivity contribution in [2.24, 2.45) is 0 Å². The number of benzene rings is 2. The Morgan fingerprint density at radius 2 is 1.87 bits per heavy atom. The van der Waals surface area contributed by atoms with Gasteiger partial charge in [-0.05, 0) is 18.2 Å². The van der Waals surface area contributed by atoms with Crippen molar-refractivity contribution < 1.29 is 18.4 Å². The van der Waals surface area contributed by atoms with Gasteiger partial charge in [0.1, 0.15) is 11.6 Å². The third kappa shape index (κ3) is 4.61. The number of nitro benzene ring substituents is 1. The maximum Gasteiger partial charge on any atom is 0.387 e. The molecule has 0 saturated carbocycles. The van der Waals surface area contributed by atoms with E-state index in [0.29, 0.717) is 50.1 Å². The molecule has 1 aliphatic heterocycles. The highest BCUT2D eigenvalue weighted by molar-refractivity contribution is 5.87. The molecule has 2 N–H and O–H groups in total. The van der Waals surface area contributed by atoms with Crippen molar-refractivity contribution in [3.63, 3.8) is 0 Å². The zero-order valence-electron chi connectivity index (χ0n) is 16.4. The number of anilines is 2. The van der Waals surface area contributed by atoms with Crippen molar-refractivity contribution in [1.82, 2.24) is 14.9 Å². The lowest BCUT2D eigenvalue weighted by Crippen LogP contribution is -2.46. The lowest BCUT2D eigenvalue weighted by Gasteiger charge is -2.35. The number of hydrogen-bond donors (Lipinski definition) is 1. The van der Waals surface area contributed by atoms with Crippen LogP contribution < -0.4 is 15.4 Å². The summed E-state index contributed by atoms with van der Waals surface area (Å²) in [6, 6.07) is 11.6. The largest absolute Gasteiger partial charge is 0.427 e. The molecule has 0 unspecified atom stereocenters. The molecular weight excluding hydrogens is 410 g/mol. The minimum absolute atomic E-state index is 0.441. The van der Waals surface area contributed by atoms with Crippen LogP contribution >= 0.6 is 0 Å². The average Bonchev–Trinajstić information content (AvgIpc) is 2.74. The van der Waals surface area contributed by atoms with Crippen molar-refractivity contribution in [2.75, 3.05) is 36.8 Å². The number of fused-ring (bicyclic) bond motifs is 1. The normalized spacial score (nSPS) is 14.9. The molecule has 1 saturated heterocycles. The third-order valence-electron chi connectivity index (χ3n) is 5.14. The van der Waals surface area contributed by atoms with Gasteiger partial charge in [-0.2, -0.15) is 8.78 Å². The first-order chi connectivity index (χ1) is 14.9. The monoisotopic (exact) mass is 430 g/mol. The molecule has 1 fully saturated rings. The van der Waals surface area contributed by atoms with E-state index in [9.17, 15) is 18.9 Å². The summed E-state index contributed by atoms with van der Waals surface area (Å²) in [6.45, 7) is -0.0384. The van der Waals surface area contributed by atoms with Gasteiger partial charge in [-0.15, -0.1) is 0 Å². The van der Waals surface area contributed by atoms with E-state index in [4.69, 9.17) is 5.73 Å². The number of aromatic nitrogens is 2. The number of nitrogens with zero attached hydrogens (tertiary/aromatic N) is 5. The Morgan fingerprint density at radius 3 is 2.58 bits per heavy atom. The van der Waals surface area contributed by atoms with Crippen LogP contribution in [0.4, 0.5) is 26.0 Å². The number of nitro groups is 1. The summed E-state index contributed by atoms with van der Waals surface area (Å²) in [5.41, 5.74) is 6.94. The number of piperazine rings is 1. The Balaban J connectivity index is 1.43. The number of para-hydroxylation sites is 1. The van der Waals surface area contributed by atoms with Crippen LogP contribution in [0.5, 0.6) is 5.75 Å². The van der Waals surface area contributed by atoms with Crippen LogP contribution in [0, 0.1) is 10.1 Å². The minimum atomic E-state index is -3.14. The molecule has 0 radical (unpaired) electrons. The molecule has 0 aliphatic carbocycles. The second-order valence-electron chi connectivity index (χ2n) is 7.09. The Labute approximate surface area is 176 Å². The Bertz CT molecular complexity index is 1110. The molecule has 4 rings (SSSR count). The van der Waals surface area contributed by atoms with Crippen molar-refractivity contribution in [1.29, 1.82) is 0 Å². The van der Waals surface area contributed by atoms with Gasteiger partial charge in [0.2, 0.25) is 5.75 Å². The van der Waals surface area contributed by atoms with Crippen LogP contribution in [0.2, 0.25) is 0 Å². The van der Waals surface area contributed by atoms with Gasteiger partial charge >= 0.3 is 12.3 Å². The van der Waals surface area contributed by atoms with Gasteiger partial charge in [-0.1, -0.05) is 12.1 Å². The van der Waals surface area contributed by atoms with Gasteiger partial charge in [-0.25, -0.2) is 9.97 Å². The number of ether oxygens (including phenoxy) is 1. The quantitative estimate of drug-likeness (QED) is 0.469. The maximum atomic E-state index is 12.6. The summed E-state index contributed by atoms with van der Waals surface area (Å²) in [7, 11) is 0. The van der Waals surface area contributed by atoms with Crippen LogP contribution in [0.1, 0.15) is 5.82 Å². The maximum absolute atomic E-state index is 12.6. The molecule has 3 aromatic rings. The predicted molar refractivity (Wildman–Crippen MR) is 111 cm³/mol. The number of hydrogen-bond acceptors (Lipinski definition) is 8. The Hall–Kier alpha value is -3.60. The lowest BCUT2D eigenvalue weighted by molar-refractivity contribution is -0.386. The first-order valence-corrected chi connectivity index (χ1v) is 9.62. The summed E-state index contributed by atoms with van der Waals surface area (Å²) in [4.78, 5) is 23.4. The number of nitrogens with two attached hydrogens (primary N) is 1. The van der Waals surface area contributed by atoms with Crippen molar-refractivity contribution in [2.45, 2.75) is 13.2 Å². The third-order valence-corrected chi connectivity index (χ3v) is 5.14. The van der Waals surface area contributed by atoms with E-state index >= 15 is 0 Å². The van der Waals surface area contributed by atoms with Crippen molar-refractivity contribution >= 4 is 28.1 Å². The minimum Gasteiger partial charge on any atom is -0.427 e. The number of halogens is 2. The molecule has 2 aromatic carbocycles. The highest BCUT2D eigenvalue weighted by Crippen LogP contribution is 2.33. The molecule has 2 heterocycles. The van der Waals surface area contributed by atoms with E-state index < -0.39 is 23.0 Å². The van der Waals surface area contributed by atoms with Crippen molar-refractivity contribution in [3.05, 3.63) is 58.4 Å². The highest BCUT2D eigenvalue weighted by atomic mass is 19.3. The number of nitrogen functional groups attached to an aromatic ring is 1. The fourth-order valence-corrected chi connectivity index (χ4v) is 3.63. The number of rotatable bonds is 6. The van der Waals surface area contributed by atoms with Gasteiger partial charge in [0.25, 0.3) is 0 Å². The highest BCUT2D eigenvalue weighted by Gasteiger charge is 2.23. The average molecular weight is 430 g/mol. The molecule has 9 nitrogen and oxygen atoms in total. The molecule has 11 heteroatoms. The summed E-state index contributed by atoms with van der Waals surface area (Å²) >= 11 is 0. The topological polar surface area (TPSA) is 111 Å². The van der Waals surface area contributed by atoms with Gasteiger partial charge in [0.15, 0.2) is 0 Å². The summed E-state index contributed by atoms with van der Waals surface area (Å²) < 4.78 is 29.6. The Morgan fingerprint density at radius 1 is 1.13 bits per heavy atom. The van der Waals surface area contributed by atoms with E-state index in [1.54, 1.807) is 6.07 Å². The zero-order chi connectivity index (χ0) is 22.0. The molecule has 0 atom stereocenters.